The van der Waals surface area contributed by atoms with E-state index in [0.717, 1.165) is 12.8 Å². The second-order valence-electron chi connectivity index (χ2n) is 5.34. The summed E-state index contributed by atoms with van der Waals surface area (Å²) >= 11 is 0. The van der Waals surface area contributed by atoms with Crippen molar-refractivity contribution in [3.63, 3.8) is 0 Å². The van der Waals surface area contributed by atoms with Crippen molar-refractivity contribution in [3.8, 4) is 17.1 Å². The maximum absolute atomic E-state index is 12.2. The quantitative estimate of drug-likeness (QED) is 0.712. The van der Waals surface area contributed by atoms with Gasteiger partial charge in [0.1, 0.15) is 11.6 Å². The number of aromatic amines is 1. The minimum Gasteiger partial charge on any atom is -0.406 e. The van der Waals surface area contributed by atoms with Crippen molar-refractivity contribution in [1.29, 1.82) is 0 Å². The number of hydrogen-bond donors (Lipinski definition) is 1. The van der Waals surface area contributed by atoms with E-state index in [4.69, 9.17) is 0 Å². The highest BCUT2D eigenvalue weighted by Gasteiger charge is 2.31. The molecule has 0 fully saturated rings. The van der Waals surface area contributed by atoms with E-state index in [2.05, 4.69) is 32.1 Å². The van der Waals surface area contributed by atoms with Gasteiger partial charge in [-0.25, -0.2) is 4.98 Å². The molecule has 0 spiro atoms. The number of benzene rings is 2. The summed E-state index contributed by atoms with van der Waals surface area (Å²) in [5.41, 5.74) is 1.84. The summed E-state index contributed by atoms with van der Waals surface area (Å²) in [6.07, 6.45) is -1.07. The van der Waals surface area contributed by atoms with E-state index < -0.39 is 6.36 Å². The highest BCUT2D eigenvalue weighted by molar-refractivity contribution is 5.56. The Morgan fingerprint density at radius 1 is 1.00 bits per heavy atom. The summed E-state index contributed by atoms with van der Waals surface area (Å²) < 4.78 is 40.3. The highest BCUT2D eigenvalue weighted by Crippen LogP contribution is 2.25. The number of aryl methyl sites for hydroxylation is 1. The fourth-order valence-corrected chi connectivity index (χ4v) is 2.32. The number of halogens is 3. The van der Waals surface area contributed by atoms with Crippen LogP contribution >= 0.6 is 0 Å². The summed E-state index contributed by atoms with van der Waals surface area (Å²) in [5, 5.41) is 6.90. The van der Waals surface area contributed by atoms with E-state index >= 15 is 0 Å². The third-order valence-corrected chi connectivity index (χ3v) is 3.46. The lowest BCUT2D eigenvalue weighted by Crippen LogP contribution is -2.16. The molecule has 4 nitrogen and oxygen atoms in total. The molecule has 0 unspecified atom stereocenters. The van der Waals surface area contributed by atoms with Gasteiger partial charge in [-0.05, 0) is 42.7 Å². The van der Waals surface area contributed by atoms with Crippen LogP contribution in [-0.4, -0.2) is 21.5 Å². The average Bonchev–Trinajstić information content (AvgIpc) is 3.04. The Morgan fingerprint density at radius 2 is 1.72 bits per heavy atom. The maximum atomic E-state index is 12.2. The van der Waals surface area contributed by atoms with Crippen molar-refractivity contribution in [3.05, 3.63) is 72.4 Å². The number of aromatic nitrogens is 3. The molecule has 1 radical (unpaired) electrons. The standard InChI is InChI=1S/C18H15F3N3O/c19-18(20,21)25-15-11-9-14(10-12-15)17-22-16(23-24-17)8-4-7-13-5-2-1-3-6-13/h1-3,5-6,8-12H,4,7H2,(H,22,23,24). The first-order valence-electron chi connectivity index (χ1n) is 7.65. The number of hydrogen-bond acceptors (Lipinski definition) is 3. The van der Waals surface area contributed by atoms with Crippen LogP contribution in [0.2, 0.25) is 0 Å². The largest absolute Gasteiger partial charge is 0.573 e. The predicted octanol–water partition coefficient (Wildman–Crippen LogP) is 4.56. The fourth-order valence-electron chi connectivity index (χ4n) is 2.32. The van der Waals surface area contributed by atoms with Crippen molar-refractivity contribution < 1.29 is 17.9 Å². The molecule has 7 heteroatoms. The van der Waals surface area contributed by atoms with Gasteiger partial charge in [-0.1, -0.05) is 30.3 Å². The zero-order valence-electron chi connectivity index (χ0n) is 13.1. The Labute approximate surface area is 142 Å². The van der Waals surface area contributed by atoms with Crippen LogP contribution in [0.3, 0.4) is 0 Å². The molecule has 1 N–H and O–H groups in total. The molecule has 0 saturated carbocycles. The Bertz CT molecular complexity index is 798. The maximum Gasteiger partial charge on any atom is 0.573 e. The van der Waals surface area contributed by atoms with E-state index in [-0.39, 0.29) is 5.75 Å². The normalized spacial score (nSPS) is 11.5. The summed E-state index contributed by atoms with van der Waals surface area (Å²) in [4.78, 5) is 4.33. The third-order valence-electron chi connectivity index (χ3n) is 3.46. The van der Waals surface area contributed by atoms with Crippen LogP contribution in [0.5, 0.6) is 5.75 Å². The molecule has 3 rings (SSSR count). The number of nitrogens with zero attached hydrogens (tertiary/aromatic N) is 2. The minimum absolute atomic E-state index is 0.276. The van der Waals surface area contributed by atoms with E-state index in [9.17, 15) is 13.2 Å². The van der Waals surface area contributed by atoms with Crippen LogP contribution in [0.25, 0.3) is 11.4 Å². The van der Waals surface area contributed by atoms with E-state index in [1.807, 2.05) is 24.6 Å². The van der Waals surface area contributed by atoms with Crippen LogP contribution in [-0.2, 0) is 6.42 Å². The topological polar surface area (TPSA) is 50.8 Å². The van der Waals surface area contributed by atoms with Gasteiger partial charge in [0, 0.05) is 12.0 Å². The Hall–Kier alpha value is -2.83. The Morgan fingerprint density at radius 3 is 2.40 bits per heavy atom. The van der Waals surface area contributed by atoms with Gasteiger partial charge >= 0.3 is 6.36 Å². The van der Waals surface area contributed by atoms with Crippen molar-refractivity contribution in [2.75, 3.05) is 0 Å². The molecule has 0 amide bonds. The number of rotatable bonds is 6. The molecule has 1 aromatic heterocycles. The molecule has 25 heavy (non-hydrogen) atoms. The molecule has 0 aliphatic carbocycles. The van der Waals surface area contributed by atoms with E-state index in [1.54, 1.807) is 0 Å². The van der Waals surface area contributed by atoms with Gasteiger partial charge in [0.15, 0.2) is 5.82 Å². The fraction of sp³-hybridized carbons (Fsp3) is 0.167. The van der Waals surface area contributed by atoms with Crippen molar-refractivity contribution in [2.24, 2.45) is 0 Å². The number of H-pyrrole nitrogens is 1. The summed E-state index contributed by atoms with van der Waals surface area (Å²) in [7, 11) is 0. The van der Waals surface area contributed by atoms with E-state index in [0.29, 0.717) is 17.2 Å². The Balaban J connectivity index is 1.57. The van der Waals surface area contributed by atoms with Gasteiger partial charge < -0.3 is 4.74 Å². The summed E-state index contributed by atoms with van der Waals surface area (Å²) in [6.45, 7) is 0. The summed E-state index contributed by atoms with van der Waals surface area (Å²) in [5.74, 6) is 0.771. The van der Waals surface area contributed by atoms with Crippen LogP contribution in [0.1, 0.15) is 17.8 Å². The lowest BCUT2D eigenvalue weighted by atomic mass is 10.1. The van der Waals surface area contributed by atoms with Gasteiger partial charge in [-0.15, -0.1) is 13.2 Å². The molecule has 1 heterocycles. The first kappa shape index (κ1) is 17.0. The zero-order valence-corrected chi connectivity index (χ0v) is 13.1. The van der Waals surface area contributed by atoms with Crippen molar-refractivity contribution in [2.45, 2.75) is 19.2 Å². The minimum atomic E-state index is -4.70. The zero-order chi connectivity index (χ0) is 17.7. The molecule has 129 valence electrons. The van der Waals surface area contributed by atoms with Crippen LogP contribution in [0.15, 0.2) is 54.6 Å². The molecule has 0 aliphatic rings. The molecule has 0 saturated heterocycles. The van der Waals surface area contributed by atoms with Crippen molar-refractivity contribution >= 4 is 0 Å². The van der Waals surface area contributed by atoms with Gasteiger partial charge in [-0.3, -0.25) is 5.10 Å². The third kappa shape index (κ3) is 5.07. The molecular formula is C18H15F3N3O. The smallest absolute Gasteiger partial charge is 0.406 e. The second kappa shape index (κ2) is 7.38. The Kier molecular flexibility index (Phi) is 5.02. The molecule has 0 bridgehead atoms. The second-order valence-corrected chi connectivity index (χ2v) is 5.34. The predicted molar refractivity (Wildman–Crippen MR) is 86.7 cm³/mol. The summed E-state index contributed by atoms with van der Waals surface area (Å²) in [6, 6.07) is 15.5. The monoisotopic (exact) mass is 346 g/mol. The molecular weight excluding hydrogens is 331 g/mol. The van der Waals surface area contributed by atoms with Crippen LogP contribution < -0.4 is 4.74 Å². The van der Waals surface area contributed by atoms with Crippen LogP contribution in [0.4, 0.5) is 13.2 Å². The first-order chi connectivity index (χ1) is 12.0. The molecule has 0 atom stereocenters. The molecule has 2 aromatic carbocycles. The SMILES string of the molecule is FC(F)(F)Oc1ccc(-c2n[nH]c([CH]CCc3ccccc3)n2)cc1. The number of alkyl halides is 3. The molecule has 3 aromatic rings. The van der Waals surface area contributed by atoms with Gasteiger partial charge in [0.2, 0.25) is 0 Å². The molecule has 0 aliphatic heterocycles. The number of ether oxygens (including phenoxy) is 1. The average molecular weight is 346 g/mol. The first-order valence-corrected chi connectivity index (χ1v) is 7.65. The lowest BCUT2D eigenvalue weighted by Gasteiger charge is -2.08. The number of nitrogens with one attached hydrogen (secondary N) is 1. The van der Waals surface area contributed by atoms with Gasteiger partial charge in [-0.2, -0.15) is 5.10 Å². The van der Waals surface area contributed by atoms with Crippen LogP contribution in [0, 0.1) is 6.42 Å². The van der Waals surface area contributed by atoms with Crippen molar-refractivity contribution in [1.82, 2.24) is 15.2 Å². The lowest BCUT2D eigenvalue weighted by molar-refractivity contribution is -0.274. The van der Waals surface area contributed by atoms with Gasteiger partial charge in [0.25, 0.3) is 0 Å². The van der Waals surface area contributed by atoms with Gasteiger partial charge in [0.05, 0.1) is 0 Å². The highest BCUT2D eigenvalue weighted by atomic mass is 19.4. The van der Waals surface area contributed by atoms with E-state index in [1.165, 1.54) is 29.8 Å².